The number of benzene rings is 1. The van der Waals surface area contributed by atoms with Gasteiger partial charge in [0.1, 0.15) is 5.76 Å². The topological polar surface area (TPSA) is 25.2 Å². The van der Waals surface area contributed by atoms with E-state index in [1.54, 1.807) is 6.26 Å². The van der Waals surface area contributed by atoms with Gasteiger partial charge in [0, 0.05) is 18.5 Å². The van der Waals surface area contributed by atoms with Crippen LogP contribution in [-0.4, -0.2) is 6.04 Å². The molecule has 1 N–H and O–H groups in total. The molecule has 2 aromatic rings. The van der Waals surface area contributed by atoms with Crippen LogP contribution in [0.3, 0.4) is 0 Å². The van der Waals surface area contributed by atoms with Crippen molar-refractivity contribution in [3.8, 4) is 0 Å². The maximum Gasteiger partial charge on any atom is 0.103 e. The molecule has 1 aromatic heterocycles. The number of rotatable bonds is 7. The van der Waals surface area contributed by atoms with E-state index in [-0.39, 0.29) is 0 Å². The number of furan rings is 1. The minimum Gasteiger partial charge on any atom is -0.469 e. The summed E-state index contributed by atoms with van der Waals surface area (Å²) in [5, 5.41) is 3.67. The van der Waals surface area contributed by atoms with Crippen LogP contribution in [0, 0.1) is 0 Å². The van der Waals surface area contributed by atoms with Crippen molar-refractivity contribution in [3.05, 3.63) is 59.5 Å². The van der Waals surface area contributed by atoms with E-state index < -0.39 is 0 Å². The van der Waals surface area contributed by atoms with Crippen molar-refractivity contribution in [2.75, 3.05) is 0 Å². The molecule has 0 spiro atoms. The zero-order valence-corrected chi connectivity index (χ0v) is 13.6. The van der Waals surface area contributed by atoms with E-state index in [0.717, 1.165) is 18.6 Å². The highest BCUT2D eigenvalue weighted by Crippen LogP contribution is 2.19. The molecule has 0 aliphatic rings. The van der Waals surface area contributed by atoms with Crippen molar-refractivity contribution >= 4 is 0 Å². The van der Waals surface area contributed by atoms with Crippen LogP contribution in [0.15, 0.2) is 47.1 Å². The van der Waals surface area contributed by atoms with Gasteiger partial charge in [0.05, 0.1) is 6.26 Å². The largest absolute Gasteiger partial charge is 0.469 e. The van der Waals surface area contributed by atoms with Crippen molar-refractivity contribution in [2.45, 2.75) is 58.5 Å². The first kappa shape index (κ1) is 15.8. The van der Waals surface area contributed by atoms with Gasteiger partial charge in [-0.1, -0.05) is 38.1 Å². The minimum absolute atomic E-state index is 0.373. The summed E-state index contributed by atoms with van der Waals surface area (Å²) in [6.07, 6.45) is 3.81. The van der Waals surface area contributed by atoms with Crippen molar-refractivity contribution in [3.63, 3.8) is 0 Å². The molecule has 0 radical (unpaired) electrons. The first-order valence-electron chi connectivity index (χ1n) is 7.94. The zero-order chi connectivity index (χ0) is 15.2. The normalized spacial score (nSPS) is 14.3. The highest BCUT2D eigenvalue weighted by Gasteiger charge is 2.10. The monoisotopic (exact) mass is 285 g/mol. The molecular weight excluding hydrogens is 258 g/mol. The molecule has 2 heteroatoms. The molecule has 0 aliphatic carbocycles. The Morgan fingerprint density at radius 1 is 0.952 bits per heavy atom. The lowest BCUT2D eigenvalue weighted by Crippen LogP contribution is -2.29. The van der Waals surface area contributed by atoms with E-state index in [1.807, 2.05) is 12.1 Å². The van der Waals surface area contributed by atoms with Gasteiger partial charge in [0.2, 0.25) is 0 Å². The van der Waals surface area contributed by atoms with Crippen molar-refractivity contribution in [1.82, 2.24) is 5.32 Å². The molecule has 2 rings (SSSR count). The summed E-state index contributed by atoms with van der Waals surface area (Å²) in [6.45, 7) is 8.93. The lowest BCUT2D eigenvalue weighted by molar-refractivity contribution is 0.430. The van der Waals surface area contributed by atoms with Gasteiger partial charge in [-0.3, -0.25) is 0 Å². The van der Waals surface area contributed by atoms with E-state index in [2.05, 4.69) is 57.3 Å². The standard InChI is InChI=1S/C19H27NO/c1-14(2)17-8-10-18(11-9-17)16(4)20-15(3)7-12-19-6-5-13-21-19/h5-6,8-11,13-16,20H,7,12H2,1-4H3/t15-,16-/m1/s1. The zero-order valence-electron chi connectivity index (χ0n) is 13.6. The fourth-order valence-electron chi connectivity index (χ4n) is 2.59. The fourth-order valence-corrected chi connectivity index (χ4v) is 2.59. The van der Waals surface area contributed by atoms with Gasteiger partial charge in [-0.25, -0.2) is 0 Å². The molecule has 1 heterocycles. The van der Waals surface area contributed by atoms with Crippen LogP contribution >= 0.6 is 0 Å². The summed E-state index contributed by atoms with van der Waals surface area (Å²) in [5.74, 6) is 1.66. The molecule has 0 amide bonds. The first-order chi connectivity index (χ1) is 10.1. The van der Waals surface area contributed by atoms with Crippen LogP contribution in [0.2, 0.25) is 0 Å². The molecule has 114 valence electrons. The fraction of sp³-hybridized carbons (Fsp3) is 0.474. The molecule has 21 heavy (non-hydrogen) atoms. The lowest BCUT2D eigenvalue weighted by Gasteiger charge is -2.20. The molecule has 1 aromatic carbocycles. The Labute approximate surface area is 128 Å². The molecule has 0 unspecified atom stereocenters. The average Bonchev–Trinajstić information content (AvgIpc) is 2.98. The van der Waals surface area contributed by atoms with Gasteiger partial charge >= 0.3 is 0 Å². The van der Waals surface area contributed by atoms with Gasteiger partial charge in [0.25, 0.3) is 0 Å². The predicted molar refractivity (Wildman–Crippen MR) is 88.6 cm³/mol. The van der Waals surface area contributed by atoms with E-state index in [1.165, 1.54) is 11.1 Å². The Morgan fingerprint density at radius 3 is 2.19 bits per heavy atom. The van der Waals surface area contributed by atoms with Gasteiger partial charge in [-0.2, -0.15) is 0 Å². The Hall–Kier alpha value is -1.54. The summed E-state index contributed by atoms with van der Waals surface area (Å²) >= 11 is 0. The second-order valence-corrected chi connectivity index (χ2v) is 6.23. The van der Waals surface area contributed by atoms with Crippen molar-refractivity contribution in [2.24, 2.45) is 0 Å². The Balaban J connectivity index is 1.83. The van der Waals surface area contributed by atoms with Crippen LogP contribution in [0.25, 0.3) is 0 Å². The Morgan fingerprint density at radius 2 is 1.62 bits per heavy atom. The summed E-state index contributed by atoms with van der Waals surface area (Å²) in [7, 11) is 0. The highest BCUT2D eigenvalue weighted by molar-refractivity contribution is 5.26. The van der Waals surface area contributed by atoms with E-state index in [9.17, 15) is 0 Å². The maximum atomic E-state index is 5.38. The Bertz CT molecular complexity index is 513. The number of aryl methyl sites for hydroxylation is 1. The van der Waals surface area contributed by atoms with Crippen LogP contribution in [0.1, 0.15) is 63.0 Å². The summed E-state index contributed by atoms with van der Waals surface area (Å²) in [6, 6.07) is 13.8. The maximum absolute atomic E-state index is 5.38. The van der Waals surface area contributed by atoms with E-state index >= 15 is 0 Å². The van der Waals surface area contributed by atoms with Crippen molar-refractivity contribution < 1.29 is 4.42 Å². The number of nitrogens with one attached hydrogen (secondary N) is 1. The average molecular weight is 285 g/mol. The molecule has 2 nitrogen and oxygen atoms in total. The van der Waals surface area contributed by atoms with Gasteiger partial charge < -0.3 is 9.73 Å². The number of hydrogen-bond donors (Lipinski definition) is 1. The van der Waals surface area contributed by atoms with E-state index in [4.69, 9.17) is 4.42 Å². The predicted octanol–water partition coefficient (Wildman–Crippen LogP) is 5.07. The van der Waals surface area contributed by atoms with E-state index in [0.29, 0.717) is 18.0 Å². The summed E-state index contributed by atoms with van der Waals surface area (Å²) in [5.41, 5.74) is 2.75. The molecule has 0 aliphatic heterocycles. The van der Waals surface area contributed by atoms with Crippen molar-refractivity contribution in [1.29, 1.82) is 0 Å². The molecular formula is C19H27NO. The van der Waals surface area contributed by atoms with Gasteiger partial charge in [-0.15, -0.1) is 0 Å². The Kier molecular flexibility index (Phi) is 5.63. The third-order valence-corrected chi connectivity index (χ3v) is 4.04. The lowest BCUT2D eigenvalue weighted by atomic mass is 9.99. The quantitative estimate of drug-likeness (QED) is 0.768. The minimum atomic E-state index is 0.373. The molecule has 0 saturated heterocycles. The third-order valence-electron chi connectivity index (χ3n) is 4.04. The van der Waals surface area contributed by atoms with Crippen LogP contribution in [0.4, 0.5) is 0 Å². The van der Waals surface area contributed by atoms with Crippen LogP contribution in [-0.2, 0) is 6.42 Å². The highest BCUT2D eigenvalue weighted by atomic mass is 16.3. The third kappa shape index (κ3) is 4.75. The molecule has 2 atom stereocenters. The summed E-state index contributed by atoms with van der Waals surface area (Å²) in [4.78, 5) is 0. The van der Waals surface area contributed by atoms with Gasteiger partial charge in [0.15, 0.2) is 0 Å². The van der Waals surface area contributed by atoms with Crippen LogP contribution in [0.5, 0.6) is 0 Å². The van der Waals surface area contributed by atoms with Gasteiger partial charge in [-0.05, 0) is 49.4 Å². The number of hydrogen-bond acceptors (Lipinski definition) is 2. The summed E-state index contributed by atoms with van der Waals surface area (Å²) < 4.78 is 5.38. The first-order valence-corrected chi connectivity index (χ1v) is 7.94. The second-order valence-electron chi connectivity index (χ2n) is 6.23. The molecule has 0 bridgehead atoms. The van der Waals surface area contributed by atoms with Crippen LogP contribution < -0.4 is 5.32 Å². The second kappa shape index (κ2) is 7.46. The SMILES string of the molecule is CC(C)c1ccc([C@@H](C)N[C@H](C)CCc2ccco2)cc1. The molecule has 0 fully saturated rings. The smallest absolute Gasteiger partial charge is 0.103 e. The molecule has 0 saturated carbocycles.